The van der Waals surface area contributed by atoms with Crippen molar-refractivity contribution in [3.8, 4) is 17.2 Å². The van der Waals surface area contributed by atoms with Crippen LogP contribution < -0.4 is 24.8 Å². The van der Waals surface area contributed by atoms with Gasteiger partial charge >= 0.3 is 6.03 Å². The van der Waals surface area contributed by atoms with Crippen molar-refractivity contribution in [2.45, 2.75) is 6.92 Å². The number of hydrogen-bond acceptors (Lipinski definition) is 4. The third kappa shape index (κ3) is 4.08. The minimum atomic E-state index is -0.331. The third-order valence-electron chi connectivity index (χ3n) is 2.47. The molecule has 0 fully saturated rings. The minimum Gasteiger partial charge on any atom is -0.493 e. The largest absolute Gasteiger partial charge is 0.493 e. The van der Waals surface area contributed by atoms with E-state index in [1.54, 1.807) is 12.1 Å². The molecule has 0 atom stereocenters. The van der Waals surface area contributed by atoms with Crippen LogP contribution >= 0.6 is 0 Å². The van der Waals surface area contributed by atoms with Crippen molar-refractivity contribution in [3.63, 3.8) is 0 Å². The van der Waals surface area contributed by atoms with Crippen molar-refractivity contribution in [2.24, 2.45) is 0 Å². The van der Waals surface area contributed by atoms with Crippen molar-refractivity contribution < 1.29 is 19.0 Å². The summed E-state index contributed by atoms with van der Waals surface area (Å²) < 4.78 is 15.6. The third-order valence-corrected chi connectivity index (χ3v) is 2.47. The Kier molecular flexibility index (Phi) is 5.71. The molecule has 0 aliphatic rings. The SMILES string of the molecule is C=C(C)CNC(=O)Nc1cc(OC)c(OC)c(OC)c1. The molecule has 0 bridgehead atoms. The molecule has 6 heteroatoms. The van der Waals surface area contributed by atoms with E-state index in [-0.39, 0.29) is 6.03 Å². The van der Waals surface area contributed by atoms with Gasteiger partial charge in [-0.05, 0) is 6.92 Å². The lowest BCUT2D eigenvalue weighted by atomic mass is 10.2. The Morgan fingerprint density at radius 1 is 1.15 bits per heavy atom. The lowest BCUT2D eigenvalue weighted by molar-refractivity contribution is 0.253. The minimum absolute atomic E-state index is 0.331. The zero-order valence-electron chi connectivity index (χ0n) is 12.2. The Morgan fingerprint density at radius 2 is 1.70 bits per heavy atom. The highest BCUT2D eigenvalue weighted by molar-refractivity contribution is 5.90. The smallest absolute Gasteiger partial charge is 0.319 e. The van der Waals surface area contributed by atoms with Gasteiger partial charge in [0.1, 0.15) is 0 Å². The van der Waals surface area contributed by atoms with E-state index in [9.17, 15) is 4.79 Å². The van der Waals surface area contributed by atoms with Crippen LogP contribution in [0.2, 0.25) is 0 Å². The van der Waals surface area contributed by atoms with Crippen LogP contribution in [0.25, 0.3) is 0 Å². The molecular formula is C14H20N2O4. The molecule has 2 amide bonds. The Balaban J connectivity index is 2.90. The van der Waals surface area contributed by atoms with Gasteiger partial charge in [-0.3, -0.25) is 0 Å². The maximum atomic E-state index is 11.7. The van der Waals surface area contributed by atoms with E-state index in [0.717, 1.165) is 5.57 Å². The van der Waals surface area contributed by atoms with Crippen molar-refractivity contribution in [1.82, 2.24) is 5.32 Å². The summed E-state index contributed by atoms with van der Waals surface area (Å²) in [5.74, 6) is 1.42. The van der Waals surface area contributed by atoms with Gasteiger partial charge in [0.15, 0.2) is 11.5 Å². The Labute approximate surface area is 118 Å². The Morgan fingerprint density at radius 3 is 2.10 bits per heavy atom. The molecule has 0 spiro atoms. The summed E-state index contributed by atoms with van der Waals surface area (Å²) in [5, 5.41) is 5.36. The van der Waals surface area contributed by atoms with E-state index >= 15 is 0 Å². The van der Waals surface area contributed by atoms with Gasteiger partial charge in [0.2, 0.25) is 5.75 Å². The molecule has 1 aromatic rings. The summed E-state index contributed by atoms with van der Waals surface area (Å²) in [6, 6.07) is 2.98. The molecule has 110 valence electrons. The van der Waals surface area contributed by atoms with Crippen molar-refractivity contribution >= 4 is 11.7 Å². The zero-order chi connectivity index (χ0) is 15.1. The molecule has 1 rings (SSSR count). The molecule has 20 heavy (non-hydrogen) atoms. The maximum absolute atomic E-state index is 11.7. The Bertz CT molecular complexity index is 475. The van der Waals surface area contributed by atoms with E-state index in [2.05, 4.69) is 17.2 Å². The number of anilines is 1. The first-order chi connectivity index (χ1) is 9.51. The van der Waals surface area contributed by atoms with E-state index in [0.29, 0.717) is 29.5 Å². The summed E-state index contributed by atoms with van der Waals surface area (Å²) in [6.07, 6.45) is 0. The number of nitrogens with one attached hydrogen (secondary N) is 2. The van der Waals surface area contributed by atoms with Crippen LogP contribution in [0.3, 0.4) is 0 Å². The molecule has 0 aliphatic carbocycles. The molecular weight excluding hydrogens is 260 g/mol. The highest BCUT2D eigenvalue weighted by atomic mass is 16.5. The van der Waals surface area contributed by atoms with Crippen LogP contribution in [0, 0.1) is 0 Å². The average molecular weight is 280 g/mol. The fourth-order valence-electron chi connectivity index (χ4n) is 1.56. The normalized spacial score (nSPS) is 9.60. The average Bonchev–Trinajstić information content (AvgIpc) is 2.43. The quantitative estimate of drug-likeness (QED) is 0.785. The van der Waals surface area contributed by atoms with Gasteiger partial charge < -0.3 is 24.8 Å². The number of benzene rings is 1. The summed E-state index contributed by atoms with van der Waals surface area (Å²) in [7, 11) is 4.55. The lowest BCUT2D eigenvalue weighted by Crippen LogP contribution is -2.29. The van der Waals surface area contributed by atoms with Crippen LogP contribution in [-0.4, -0.2) is 33.9 Å². The first-order valence-corrected chi connectivity index (χ1v) is 6.01. The van der Waals surface area contributed by atoms with Crippen LogP contribution in [0.1, 0.15) is 6.92 Å². The summed E-state index contributed by atoms with van der Waals surface area (Å²) in [6.45, 7) is 5.96. The van der Waals surface area contributed by atoms with Crippen molar-refractivity contribution in [1.29, 1.82) is 0 Å². The highest BCUT2D eigenvalue weighted by Gasteiger charge is 2.14. The summed E-state index contributed by atoms with van der Waals surface area (Å²) in [4.78, 5) is 11.7. The molecule has 1 aromatic carbocycles. The Hall–Kier alpha value is -2.37. The van der Waals surface area contributed by atoms with Gasteiger partial charge in [-0.1, -0.05) is 12.2 Å². The molecule has 0 heterocycles. The van der Waals surface area contributed by atoms with Gasteiger partial charge in [-0.2, -0.15) is 0 Å². The van der Waals surface area contributed by atoms with E-state index in [1.165, 1.54) is 21.3 Å². The van der Waals surface area contributed by atoms with E-state index < -0.39 is 0 Å². The van der Waals surface area contributed by atoms with Gasteiger partial charge in [0, 0.05) is 18.7 Å². The number of rotatable bonds is 6. The molecule has 0 saturated carbocycles. The second-order valence-electron chi connectivity index (χ2n) is 4.18. The monoisotopic (exact) mass is 280 g/mol. The second-order valence-corrected chi connectivity index (χ2v) is 4.18. The molecule has 0 aromatic heterocycles. The van der Waals surface area contributed by atoms with Gasteiger partial charge in [-0.15, -0.1) is 0 Å². The number of carbonyl (C=O) groups is 1. The number of hydrogen-bond donors (Lipinski definition) is 2. The zero-order valence-corrected chi connectivity index (χ0v) is 12.2. The first-order valence-electron chi connectivity index (χ1n) is 6.01. The topological polar surface area (TPSA) is 68.8 Å². The van der Waals surface area contributed by atoms with Crippen LogP contribution in [-0.2, 0) is 0 Å². The molecule has 0 unspecified atom stereocenters. The predicted molar refractivity (Wildman–Crippen MR) is 77.9 cm³/mol. The number of ether oxygens (including phenoxy) is 3. The van der Waals surface area contributed by atoms with Gasteiger partial charge in [-0.25, -0.2) is 4.79 Å². The molecule has 0 saturated heterocycles. The predicted octanol–water partition coefficient (Wildman–Crippen LogP) is 2.41. The van der Waals surface area contributed by atoms with Crippen LogP contribution in [0.15, 0.2) is 24.3 Å². The number of methoxy groups -OCH3 is 3. The van der Waals surface area contributed by atoms with Gasteiger partial charge in [0.25, 0.3) is 0 Å². The standard InChI is InChI=1S/C14H20N2O4/c1-9(2)8-15-14(17)16-10-6-11(18-3)13(20-5)12(7-10)19-4/h6-7H,1,8H2,2-5H3,(H2,15,16,17). The first kappa shape index (κ1) is 15.7. The lowest BCUT2D eigenvalue weighted by Gasteiger charge is -2.14. The van der Waals surface area contributed by atoms with Crippen LogP contribution in [0.4, 0.5) is 10.5 Å². The molecule has 0 aliphatic heterocycles. The highest BCUT2D eigenvalue weighted by Crippen LogP contribution is 2.39. The molecule has 6 nitrogen and oxygen atoms in total. The fourth-order valence-corrected chi connectivity index (χ4v) is 1.56. The number of urea groups is 1. The van der Waals surface area contributed by atoms with Crippen molar-refractivity contribution in [2.75, 3.05) is 33.2 Å². The van der Waals surface area contributed by atoms with Crippen LogP contribution in [0.5, 0.6) is 17.2 Å². The number of amides is 2. The summed E-state index contributed by atoms with van der Waals surface area (Å²) in [5.41, 5.74) is 1.41. The van der Waals surface area contributed by atoms with E-state index in [4.69, 9.17) is 14.2 Å². The number of carbonyl (C=O) groups excluding carboxylic acids is 1. The molecule has 0 radical (unpaired) electrons. The fraction of sp³-hybridized carbons (Fsp3) is 0.357. The maximum Gasteiger partial charge on any atom is 0.319 e. The van der Waals surface area contributed by atoms with E-state index in [1.807, 2.05) is 6.92 Å². The van der Waals surface area contributed by atoms with Crippen molar-refractivity contribution in [3.05, 3.63) is 24.3 Å². The van der Waals surface area contributed by atoms with Gasteiger partial charge in [0.05, 0.1) is 27.0 Å². The molecule has 2 N–H and O–H groups in total. The summed E-state index contributed by atoms with van der Waals surface area (Å²) >= 11 is 0. The second kappa shape index (κ2) is 7.28.